The highest BCUT2D eigenvalue weighted by atomic mass is 19.1. The number of nitrogen functional groups attached to an aromatic ring is 1. The normalized spacial score (nSPS) is 11.6. The van der Waals surface area contributed by atoms with Crippen molar-refractivity contribution in [1.29, 1.82) is 0 Å². The molecule has 96 valence electrons. The lowest BCUT2D eigenvalue weighted by atomic mass is 10.1. The van der Waals surface area contributed by atoms with Crippen LogP contribution in [0.2, 0.25) is 0 Å². The minimum atomic E-state index is -1.29. The van der Waals surface area contributed by atoms with Crippen LogP contribution in [0, 0.1) is 18.2 Å². The summed E-state index contributed by atoms with van der Waals surface area (Å²) in [5, 5.41) is 11.9. The van der Waals surface area contributed by atoms with Crippen LogP contribution < -0.4 is 11.1 Å². The molecular weight excluding hydrogens is 235 g/mol. The van der Waals surface area contributed by atoms with Crippen molar-refractivity contribution in [2.24, 2.45) is 0 Å². The van der Waals surface area contributed by atoms with E-state index in [1.54, 1.807) is 0 Å². The van der Waals surface area contributed by atoms with Gasteiger partial charge in [-0.2, -0.15) is 0 Å². The van der Waals surface area contributed by atoms with E-state index in [1.165, 1.54) is 6.07 Å². The Morgan fingerprint density at radius 3 is 2.83 bits per heavy atom. The SMILES string of the molecule is C#CC(CCC)Nc1ccc(F)c(N)c1C(=O)O. The van der Waals surface area contributed by atoms with Crippen molar-refractivity contribution >= 4 is 17.3 Å². The highest BCUT2D eigenvalue weighted by Gasteiger charge is 2.18. The quantitative estimate of drug-likeness (QED) is 0.553. The van der Waals surface area contributed by atoms with Gasteiger partial charge in [-0.05, 0) is 18.6 Å². The maximum Gasteiger partial charge on any atom is 0.340 e. The lowest BCUT2D eigenvalue weighted by Gasteiger charge is -2.16. The van der Waals surface area contributed by atoms with Gasteiger partial charge in [-0.3, -0.25) is 0 Å². The van der Waals surface area contributed by atoms with Crippen molar-refractivity contribution in [3.8, 4) is 12.3 Å². The number of hydrogen-bond acceptors (Lipinski definition) is 3. The molecular formula is C13H15FN2O2. The zero-order chi connectivity index (χ0) is 13.7. The van der Waals surface area contributed by atoms with E-state index >= 15 is 0 Å². The van der Waals surface area contributed by atoms with Crippen LogP contribution in [0.1, 0.15) is 30.1 Å². The Balaban J connectivity index is 3.13. The molecule has 0 saturated heterocycles. The molecule has 1 aromatic rings. The van der Waals surface area contributed by atoms with Crippen LogP contribution in [-0.2, 0) is 0 Å². The van der Waals surface area contributed by atoms with E-state index in [1.807, 2.05) is 6.92 Å². The Hall–Kier alpha value is -2.22. The summed E-state index contributed by atoms with van der Waals surface area (Å²) in [5.74, 6) is 0.464. The first-order chi connectivity index (χ1) is 8.51. The van der Waals surface area contributed by atoms with Gasteiger partial charge < -0.3 is 16.2 Å². The molecule has 5 heteroatoms. The summed E-state index contributed by atoms with van der Waals surface area (Å²) in [6.45, 7) is 1.96. The summed E-state index contributed by atoms with van der Waals surface area (Å²) in [6, 6.07) is 2.14. The van der Waals surface area contributed by atoms with Gasteiger partial charge in [-0.1, -0.05) is 19.3 Å². The van der Waals surface area contributed by atoms with E-state index < -0.39 is 11.8 Å². The van der Waals surface area contributed by atoms with Crippen molar-refractivity contribution < 1.29 is 14.3 Å². The standard InChI is InChI=1S/C13H15FN2O2/c1-3-5-8(4-2)16-10-7-6-9(14)12(15)11(10)13(17)18/h2,6-8,16H,3,5,15H2,1H3,(H,17,18). The number of halogens is 1. The zero-order valence-corrected chi connectivity index (χ0v) is 10.0. The van der Waals surface area contributed by atoms with Crippen molar-refractivity contribution in [2.75, 3.05) is 11.1 Å². The molecule has 0 heterocycles. The van der Waals surface area contributed by atoms with E-state index in [4.69, 9.17) is 17.3 Å². The van der Waals surface area contributed by atoms with Gasteiger partial charge in [0.1, 0.15) is 11.4 Å². The highest BCUT2D eigenvalue weighted by Crippen LogP contribution is 2.26. The fourth-order valence-electron chi connectivity index (χ4n) is 1.62. The van der Waals surface area contributed by atoms with E-state index in [9.17, 15) is 9.18 Å². The Morgan fingerprint density at radius 2 is 2.33 bits per heavy atom. The van der Waals surface area contributed by atoms with E-state index in [2.05, 4.69) is 11.2 Å². The third-order valence-corrected chi connectivity index (χ3v) is 2.51. The third kappa shape index (κ3) is 2.92. The lowest BCUT2D eigenvalue weighted by Crippen LogP contribution is -2.20. The summed E-state index contributed by atoms with van der Waals surface area (Å²) in [7, 11) is 0. The van der Waals surface area contributed by atoms with Crippen molar-refractivity contribution in [3.05, 3.63) is 23.5 Å². The number of nitrogens with one attached hydrogen (secondary N) is 1. The molecule has 18 heavy (non-hydrogen) atoms. The van der Waals surface area contributed by atoms with E-state index in [0.717, 1.165) is 12.5 Å². The van der Waals surface area contributed by atoms with Crippen LogP contribution in [0.25, 0.3) is 0 Å². The predicted molar refractivity (Wildman–Crippen MR) is 68.9 cm³/mol. The Kier molecular flexibility index (Phi) is 4.55. The van der Waals surface area contributed by atoms with Crippen molar-refractivity contribution in [2.45, 2.75) is 25.8 Å². The number of aromatic carboxylic acids is 1. The van der Waals surface area contributed by atoms with Gasteiger partial charge in [-0.15, -0.1) is 6.42 Å². The average molecular weight is 250 g/mol. The monoisotopic (exact) mass is 250 g/mol. The van der Waals surface area contributed by atoms with Gasteiger partial charge in [-0.25, -0.2) is 9.18 Å². The number of nitrogens with two attached hydrogens (primary N) is 1. The molecule has 0 saturated carbocycles. The minimum Gasteiger partial charge on any atom is -0.478 e. The molecule has 0 fully saturated rings. The number of anilines is 2. The second-order valence-electron chi connectivity index (χ2n) is 3.84. The smallest absolute Gasteiger partial charge is 0.340 e. The number of terminal acetylenes is 1. The average Bonchev–Trinajstić information content (AvgIpc) is 2.32. The fraction of sp³-hybridized carbons (Fsp3) is 0.308. The number of rotatable bonds is 5. The molecule has 1 unspecified atom stereocenters. The van der Waals surface area contributed by atoms with Crippen LogP contribution in [0.4, 0.5) is 15.8 Å². The first kappa shape index (κ1) is 13.8. The molecule has 0 spiro atoms. The third-order valence-electron chi connectivity index (χ3n) is 2.51. The Morgan fingerprint density at radius 1 is 1.67 bits per heavy atom. The summed E-state index contributed by atoms with van der Waals surface area (Å²) >= 11 is 0. The fourth-order valence-corrected chi connectivity index (χ4v) is 1.62. The molecule has 1 atom stereocenters. The number of carboxylic acid groups (broad SMARTS) is 1. The van der Waals surface area contributed by atoms with E-state index in [-0.39, 0.29) is 23.0 Å². The van der Waals surface area contributed by atoms with Gasteiger partial charge in [0.05, 0.1) is 17.4 Å². The van der Waals surface area contributed by atoms with Crippen molar-refractivity contribution in [1.82, 2.24) is 0 Å². The molecule has 0 bridgehead atoms. The molecule has 1 rings (SSSR count). The minimum absolute atomic E-state index is 0.234. The van der Waals surface area contributed by atoms with Gasteiger partial charge in [0.2, 0.25) is 0 Å². The molecule has 0 aliphatic carbocycles. The van der Waals surface area contributed by atoms with Gasteiger partial charge in [0.25, 0.3) is 0 Å². The molecule has 0 aromatic heterocycles. The zero-order valence-electron chi connectivity index (χ0n) is 10.0. The van der Waals surface area contributed by atoms with Gasteiger partial charge >= 0.3 is 5.97 Å². The number of hydrogen-bond donors (Lipinski definition) is 3. The largest absolute Gasteiger partial charge is 0.478 e. The molecule has 4 N–H and O–H groups in total. The highest BCUT2D eigenvalue weighted by molar-refractivity contribution is 6.00. The van der Waals surface area contributed by atoms with Crippen LogP contribution in [-0.4, -0.2) is 17.1 Å². The summed E-state index contributed by atoms with van der Waals surface area (Å²) in [5.41, 5.74) is 4.99. The first-order valence-electron chi connectivity index (χ1n) is 5.55. The maximum absolute atomic E-state index is 13.2. The predicted octanol–water partition coefficient (Wildman–Crippen LogP) is 2.32. The molecule has 0 aliphatic rings. The van der Waals surface area contributed by atoms with Gasteiger partial charge in [0.15, 0.2) is 0 Å². The van der Waals surface area contributed by atoms with Crippen molar-refractivity contribution in [3.63, 3.8) is 0 Å². The number of benzene rings is 1. The molecule has 0 radical (unpaired) electrons. The molecule has 4 nitrogen and oxygen atoms in total. The Bertz CT molecular complexity index is 494. The van der Waals surface area contributed by atoms with Crippen LogP contribution in [0.5, 0.6) is 0 Å². The Labute approximate surface area is 105 Å². The molecule has 0 aliphatic heterocycles. The lowest BCUT2D eigenvalue weighted by molar-refractivity contribution is 0.0698. The van der Waals surface area contributed by atoms with Gasteiger partial charge in [0, 0.05) is 0 Å². The van der Waals surface area contributed by atoms with E-state index in [0.29, 0.717) is 6.42 Å². The molecule has 0 amide bonds. The maximum atomic E-state index is 13.2. The summed E-state index contributed by atoms with van der Waals surface area (Å²) in [6.07, 6.45) is 6.87. The number of carbonyl (C=O) groups is 1. The van der Waals surface area contributed by atoms with Crippen LogP contribution in [0.3, 0.4) is 0 Å². The topological polar surface area (TPSA) is 75.3 Å². The van der Waals surface area contributed by atoms with Crippen LogP contribution in [0.15, 0.2) is 12.1 Å². The van der Waals surface area contributed by atoms with Crippen LogP contribution >= 0.6 is 0 Å². The summed E-state index contributed by atoms with van der Waals surface area (Å²) < 4.78 is 13.2. The molecule has 1 aromatic carbocycles. The first-order valence-corrected chi connectivity index (χ1v) is 5.55. The summed E-state index contributed by atoms with van der Waals surface area (Å²) in [4.78, 5) is 11.1. The second kappa shape index (κ2) is 5.92. The second-order valence-corrected chi connectivity index (χ2v) is 3.84. The number of carboxylic acids is 1.